The van der Waals surface area contributed by atoms with Crippen molar-refractivity contribution in [3.05, 3.63) is 28.9 Å². The quantitative estimate of drug-likeness (QED) is 0.612. The number of nitrogens with zero attached hydrogens (tertiary/aromatic N) is 4. The van der Waals surface area contributed by atoms with Crippen LogP contribution < -0.4 is 5.69 Å². The number of aromatic nitrogens is 4. The van der Waals surface area contributed by atoms with Crippen molar-refractivity contribution in [2.24, 2.45) is 17.3 Å². The van der Waals surface area contributed by atoms with Crippen molar-refractivity contribution >= 4 is 28.0 Å². The summed E-state index contributed by atoms with van der Waals surface area (Å²) in [6.07, 6.45) is 6.68. The average molecular weight is 423 g/mol. The van der Waals surface area contributed by atoms with Crippen LogP contribution in [0.3, 0.4) is 0 Å². The molecule has 8 heteroatoms. The highest BCUT2D eigenvalue weighted by Crippen LogP contribution is 2.51. The van der Waals surface area contributed by atoms with Gasteiger partial charge in [-0.15, -0.1) is 0 Å². The molecule has 0 aromatic carbocycles. The number of amides is 1. The number of nitriles is 1. The maximum Gasteiger partial charge on any atom is 0.326 e. The molecule has 0 saturated heterocycles. The summed E-state index contributed by atoms with van der Waals surface area (Å²) in [5, 5.41) is 9.97. The molecule has 3 heterocycles. The molecule has 8 nitrogen and oxygen atoms in total. The topological polar surface area (TPSA) is 111 Å². The second-order valence-corrected chi connectivity index (χ2v) is 9.18. The van der Waals surface area contributed by atoms with Gasteiger partial charge in [0.2, 0.25) is 5.91 Å². The Balaban J connectivity index is 1.82. The maximum atomic E-state index is 13.2. The van der Waals surface area contributed by atoms with Crippen molar-refractivity contribution in [2.75, 3.05) is 13.6 Å². The van der Waals surface area contributed by atoms with Gasteiger partial charge in [-0.3, -0.25) is 9.36 Å². The monoisotopic (exact) mass is 422 g/mol. The number of nitrogens with one attached hydrogen (secondary N) is 2. The van der Waals surface area contributed by atoms with Crippen LogP contribution in [0.4, 0.5) is 0 Å². The van der Waals surface area contributed by atoms with E-state index in [2.05, 4.69) is 34.9 Å². The van der Waals surface area contributed by atoms with Gasteiger partial charge in [0.25, 0.3) is 0 Å². The van der Waals surface area contributed by atoms with Gasteiger partial charge >= 0.3 is 5.69 Å². The third-order valence-corrected chi connectivity index (χ3v) is 7.17. The van der Waals surface area contributed by atoms with E-state index in [0.29, 0.717) is 12.8 Å². The zero-order chi connectivity index (χ0) is 22.3. The Kier molecular flexibility index (Phi) is 5.38. The standard InChI is InChI=1S/C23H30N6O2/c1-5-14-11-23(3,21(30)28(4)10-8-24)12-15(6-2)18(14)29-19-16-7-9-25-20(16)26-13-17(19)27-22(29)31/h7,9,13-15,18H,5-6,10-12H2,1-4H3,(H,25,26)(H,27,31). The van der Waals surface area contributed by atoms with Gasteiger partial charge in [-0.05, 0) is 30.7 Å². The van der Waals surface area contributed by atoms with Crippen LogP contribution in [-0.2, 0) is 4.79 Å². The highest BCUT2D eigenvalue weighted by atomic mass is 16.2. The lowest BCUT2D eigenvalue weighted by atomic mass is 9.62. The van der Waals surface area contributed by atoms with Crippen LogP contribution in [-0.4, -0.2) is 43.9 Å². The van der Waals surface area contributed by atoms with Crippen LogP contribution >= 0.6 is 0 Å². The fourth-order valence-electron chi connectivity index (χ4n) is 5.78. The molecule has 0 spiro atoms. The van der Waals surface area contributed by atoms with Crippen molar-refractivity contribution in [1.82, 2.24) is 24.4 Å². The lowest BCUT2D eigenvalue weighted by Crippen LogP contribution is -2.49. The van der Waals surface area contributed by atoms with Crippen LogP contribution in [0.25, 0.3) is 22.1 Å². The van der Waals surface area contributed by atoms with E-state index in [1.807, 2.05) is 23.8 Å². The Morgan fingerprint density at radius 2 is 2.03 bits per heavy atom. The van der Waals surface area contributed by atoms with E-state index < -0.39 is 5.41 Å². The lowest BCUT2D eigenvalue weighted by molar-refractivity contribution is -0.144. The number of hydrogen-bond acceptors (Lipinski definition) is 4. The molecule has 1 fully saturated rings. The van der Waals surface area contributed by atoms with Gasteiger partial charge in [-0.25, -0.2) is 9.78 Å². The first-order valence-electron chi connectivity index (χ1n) is 11.0. The Morgan fingerprint density at radius 3 is 2.65 bits per heavy atom. The largest absolute Gasteiger partial charge is 0.346 e. The molecular weight excluding hydrogens is 392 g/mol. The van der Waals surface area contributed by atoms with Crippen molar-refractivity contribution in [2.45, 2.75) is 52.5 Å². The highest BCUT2D eigenvalue weighted by molar-refractivity contribution is 6.01. The van der Waals surface area contributed by atoms with Crippen molar-refractivity contribution < 1.29 is 4.79 Å². The van der Waals surface area contributed by atoms with Crippen molar-refractivity contribution in [3.8, 4) is 6.07 Å². The van der Waals surface area contributed by atoms with Gasteiger partial charge in [0.15, 0.2) is 0 Å². The second-order valence-electron chi connectivity index (χ2n) is 9.18. The SMILES string of the molecule is CCC1CC(C)(C(=O)N(C)CC#N)CC(CC)C1n1c(=O)[nH]c2cnc3[nH]ccc3c21. The summed E-state index contributed by atoms with van der Waals surface area (Å²) in [4.78, 5) is 38.5. The van der Waals surface area contributed by atoms with Crippen LogP contribution in [0.1, 0.15) is 52.5 Å². The second kappa shape index (κ2) is 7.88. The van der Waals surface area contributed by atoms with Gasteiger partial charge < -0.3 is 14.9 Å². The van der Waals surface area contributed by atoms with Gasteiger partial charge in [0.05, 0.1) is 23.3 Å². The van der Waals surface area contributed by atoms with E-state index in [9.17, 15) is 9.59 Å². The minimum absolute atomic E-state index is 0.00102. The minimum Gasteiger partial charge on any atom is -0.346 e. The summed E-state index contributed by atoms with van der Waals surface area (Å²) in [5.41, 5.74) is 1.72. The maximum absolute atomic E-state index is 13.2. The van der Waals surface area contributed by atoms with Crippen molar-refractivity contribution in [1.29, 1.82) is 5.26 Å². The third-order valence-electron chi connectivity index (χ3n) is 7.17. The van der Waals surface area contributed by atoms with Crippen LogP contribution in [0.2, 0.25) is 0 Å². The van der Waals surface area contributed by atoms with Gasteiger partial charge in [-0.1, -0.05) is 33.6 Å². The zero-order valence-electron chi connectivity index (χ0n) is 18.6. The predicted molar refractivity (Wildman–Crippen MR) is 119 cm³/mol. The first-order valence-corrected chi connectivity index (χ1v) is 11.0. The molecule has 4 rings (SSSR count). The van der Waals surface area contributed by atoms with Crippen molar-refractivity contribution in [3.63, 3.8) is 0 Å². The van der Waals surface area contributed by atoms with E-state index in [1.54, 1.807) is 13.2 Å². The number of imidazole rings is 1. The molecule has 2 unspecified atom stereocenters. The molecule has 31 heavy (non-hydrogen) atoms. The number of H-pyrrole nitrogens is 2. The number of carbonyl (C=O) groups excluding carboxylic acids is 1. The molecule has 2 N–H and O–H groups in total. The molecule has 1 aliphatic rings. The van der Waals surface area contributed by atoms with E-state index in [-0.39, 0.29) is 36.0 Å². The van der Waals surface area contributed by atoms with Gasteiger partial charge in [-0.2, -0.15) is 5.26 Å². The first-order chi connectivity index (χ1) is 14.8. The Labute approximate surface area is 181 Å². The van der Waals surface area contributed by atoms with E-state index in [0.717, 1.165) is 34.9 Å². The molecule has 1 saturated carbocycles. The molecule has 164 valence electrons. The molecule has 1 amide bonds. The lowest BCUT2D eigenvalue weighted by Gasteiger charge is -2.47. The normalized spacial score (nSPS) is 26.2. The number of hydrogen-bond donors (Lipinski definition) is 2. The summed E-state index contributed by atoms with van der Waals surface area (Å²) >= 11 is 0. The fraction of sp³-hybridized carbons (Fsp3) is 0.565. The smallest absolute Gasteiger partial charge is 0.326 e. The minimum atomic E-state index is -0.538. The van der Waals surface area contributed by atoms with E-state index in [1.165, 1.54) is 4.90 Å². The van der Waals surface area contributed by atoms with Gasteiger partial charge in [0, 0.05) is 30.1 Å². The Hall–Kier alpha value is -3.08. The molecule has 0 radical (unpaired) electrons. The molecule has 0 bridgehead atoms. The molecule has 3 aromatic rings. The summed E-state index contributed by atoms with van der Waals surface area (Å²) in [6, 6.07) is 4.04. The Morgan fingerprint density at radius 1 is 1.35 bits per heavy atom. The summed E-state index contributed by atoms with van der Waals surface area (Å²) < 4.78 is 1.93. The van der Waals surface area contributed by atoms with Gasteiger partial charge in [0.1, 0.15) is 12.2 Å². The number of carbonyl (C=O) groups is 1. The number of rotatable bonds is 5. The molecule has 3 aromatic heterocycles. The molecule has 1 aliphatic carbocycles. The molecular formula is C23H30N6O2. The summed E-state index contributed by atoms with van der Waals surface area (Å²) in [7, 11) is 1.70. The van der Waals surface area contributed by atoms with Crippen LogP contribution in [0.5, 0.6) is 0 Å². The Bertz CT molecular complexity index is 1200. The third kappa shape index (κ3) is 3.32. The van der Waals surface area contributed by atoms with E-state index in [4.69, 9.17) is 5.26 Å². The predicted octanol–water partition coefficient (Wildman–Crippen LogP) is 3.58. The number of fused-ring (bicyclic) bond motifs is 3. The van der Waals surface area contributed by atoms with Crippen LogP contribution in [0.15, 0.2) is 23.3 Å². The number of aromatic amines is 2. The highest BCUT2D eigenvalue weighted by Gasteiger charge is 2.48. The van der Waals surface area contributed by atoms with E-state index >= 15 is 0 Å². The first kappa shape index (κ1) is 21.2. The summed E-state index contributed by atoms with van der Waals surface area (Å²) in [5.74, 6) is 0.358. The molecule has 0 aliphatic heterocycles. The average Bonchev–Trinajstić information content (AvgIpc) is 3.36. The zero-order valence-corrected chi connectivity index (χ0v) is 18.6. The summed E-state index contributed by atoms with van der Waals surface area (Å²) in [6.45, 7) is 6.38. The number of pyridine rings is 1. The molecule has 2 atom stereocenters. The van der Waals surface area contributed by atoms with Crippen LogP contribution in [0, 0.1) is 28.6 Å². The fourth-order valence-corrected chi connectivity index (χ4v) is 5.78.